The van der Waals surface area contributed by atoms with Crippen LogP contribution in [0.25, 0.3) is 22.2 Å². The van der Waals surface area contributed by atoms with Gasteiger partial charge in [-0.3, -0.25) is 0 Å². The van der Waals surface area contributed by atoms with Crippen LogP contribution < -0.4 is 0 Å². The molecule has 4 rings (SSSR count). The van der Waals surface area contributed by atoms with Crippen molar-refractivity contribution in [2.75, 3.05) is 0 Å². The van der Waals surface area contributed by atoms with Gasteiger partial charge < -0.3 is 4.98 Å². The highest BCUT2D eigenvalue weighted by molar-refractivity contribution is 7.90. The fourth-order valence-electron chi connectivity index (χ4n) is 3.63. The minimum atomic E-state index is -3.71. The summed E-state index contributed by atoms with van der Waals surface area (Å²) in [6.07, 6.45) is 4.85. The molecule has 2 aromatic carbocycles. The van der Waals surface area contributed by atoms with Crippen molar-refractivity contribution in [1.82, 2.24) is 8.81 Å². The summed E-state index contributed by atoms with van der Waals surface area (Å²) in [5, 5.41) is 1.09. The second kappa shape index (κ2) is 7.06. The summed E-state index contributed by atoms with van der Waals surface area (Å²) < 4.78 is 27.0. The minimum Gasteiger partial charge on any atom is -0.355 e. The summed E-state index contributed by atoms with van der Waals surface area (Å²) >= 11 is 6.29. The number of aromatic amines is 1. The number of fused-ring (bicyclic) bond motifs is 1. The Morgan fingerprint density at radius 2 is 1.73 bits per heavy atom. The normalized spacial score (nSPS) is 16.4. The van der Waals surface area contributed by atoms with Crippen molar-refractivity contribution in [3.05, 3.63) is 54.6 Å². The first-order chi connectivity index (χ1) is 12.6. The number of halogens is 1. The lowest BCUT2D eigenvalue weighted by molar-refractivity contribution is 0.339. The van der Waals surface area contributed by atoms with Gasteiger partial charge in [0.25, 0.3) is 10.0 Å². The predicted octanol–water partition coefficient (Wildman–Crippen LogP) is 5.31. The highest BCUT2D eigenvalue weighted by Crippen LogP contribution is 2.31. The maximum atomic E-state index is 13.0. The van der Waals surface area contributed by atoms with Crippen molar-refractivity contribution in [3.8, 4) is 11.3 Å². The fraction of sp³-hybridized carbons (Fsp3) is 0.300. The standard InChI is InChI=1S/C20H21ClN2O2S/c21-23(17-9-2-1-3-10-17)26(24,25)18-11-6-8-15(13-18)20-14-16-7-4-5-12-19(16)22-20/h4-8,11-14,17,22H,1-3,9-10H2. The van der Waals surface area contributed by atoms with E-state index < -0.39 is 10.0 Å². The summed E-state index contributed by atoms with van der Waals surface area (Å²) in [5.74, 6) is 0. The van der Waals surface area contributed by atoms with Gasteiger partial charge in [-0.05, 0) is 54.4 Å². The average molecular weight is 389 g/mol. The van der Waals surface area contributed by atoms with Gasteiger partial charge >= 0.3 is 0 Å². The van der Waals surface area contributed by atoms with E-state index in [1.807, 2.05) is 36.4 Å². The predicted molar refractivity (Wildman–Crippen MR) is 105 cm³/mol. The molecule has 136 valence electrons. The summed E-state index contributed by atoms with van der Waals surface area (Å²) in [6.45, 7) is 0. The number of nitrogens with zero attached hydrogens (tertiary/aromatic N) is 1. The molecule has 6 heteroatoms. The molecule has 1 aromatic heterocycles. The molecule has 1 heterocycles. The third-order valence-corrected chi connectivity index (χ3v) is 7.49. The third kappa shape index (κ3) is 3.27. The van der Waals surface area contributed by atoms with E-state index in [0.29, 0.717) is 0 Å². The molecule has 1 aliphatic carbocycles. The summed E-state index contributed by atoms with van der Waals surface area (Å²) in [7, 11) is -3.71. The molecule has 0 amide bonds. The molecule has 1 aliphatic rings. The molecular formula is C20H21ClN2O2S. The van der Waals surface area contributed by atoms with Gasteiger partial charge in [0.2, 0.25) is 0 Å². The third-order valence-electron chi connectivity index (χ3n) is 5.06. The first-order valence-electron chi connectivity index (χ1n) is 8.94. The molecule has 26 heavy (non-hydrogen) atoms. The zero-order chi connectivity index (χ0) is 18.1. The lowest BCUT2D eigenvalue weighted by atomic mass is 9.96. The van der Waals surface area contributed by atoms with Gasteiger partial charge in [-0.1, -0.05) is 49.6 Å². The maximum Gasteiger partial charge on any atom is 0.256 e. The molecule has 0 unspecified atom stereocenters. The van der Waals surface area contributed by atoms with E-state index in [1.54, 1.807) is 18.2 Å². The van der Waals surface area contributed by atoms with Crippen molar-refractivity contribution in [1.29, 1.82) is 0 Å². The molecule has 1 N–H and O–H groups in total. The fourth-order valence-corrected chi connectivity index (χ4v) is 5.40. The largest absolute Gasteiger partial charge is 0.355 e. The molecule has 0 radical (unpaired) electrons. The van der Waals surface area contributed by atoms with Crippen molar-refractivity contribution in [2.24, 2.45) is 0 Å². The Labute approximate surface area is 158 Å². The quantitative estimate of drug-likeness (QED) is 0.615. The highest BCUT2D eigenvalue weighted by atomic mass is 35.5. The van der Waals surface area contributed by atoms with Crippen LogP contribution in [0.1, 0.15) is 32.1 Å². The van der Waals surface area contributed by atoms with Crippen LogP contribution in [0.15, 0.2) is 59.5 Å². The number of rotatable bonds is 4. The highest BCUT2D eigenvalue weighted by Gasteiger charge is 2.31. The molecule has 1 fully saturated rings. The van der Waals surface area contributed by atoms with Gasteiger partial charge in [0, 0.05) is 22.6 Å². The van der Waals surface area contributed by atoms with Crippen molar-refractivity contribution in [2.45, 2.75) is 43.0 Å². The van der Waals surface area contributed by atoms with Crippen LogP contribution >= 0.6 is 11.8 Å². The van der Waals surface area contributed by atoms with E-state index in [2.05, 4.69) is 4.98 Å². The van der Waals surface area contributed by atoms with Gasteiger partial charge in [-0.2, -0.15) is 0 Å². The van der Waals surface area contributed by atoms with Crippen LogP contribution in [0.4, 0.5) is 0 Å². The van der Waals surface area contributed by atoms with Gasteiger partial charge in [0.05, 0.1) is 4.90 Å². The Morgan fingerprint density at radius 1 is 0.962 bits per heavy atom. The number of hydrogen-bond acceptors (Lipinski definition) is 2. The molecular weight excluding hydrogens is 368 g/mol. The second-order valence-corrected chi connectivity index (χ2v) is 9.22. The Bertz CT molecular complexity index is 990. The summed E-state index contributed by atoms with van der Waals surface area (Å²) in [5.41, 5.74) is 2.75. The monoisotopic (exact) mass is 388 g/mol. The first kappa shape index (κ1) is 17.6. The lowest BCUT2D eigenvalue weighted by Crippen LogP contribution is -2.34. The Morgan fingerprint density at radius 3 is 2.50 bits per heavy atom. The second-order valence-electron chi connectivity index (χ2n) is 6.84. The van der Waals surface area contributed by atoms with Crippen LogP contribution in [0.3, 0.4) is 0 Å². The molecule has 0 spiro atoms. The van der Waals surface area contributed by atoms with Crippen molar-refractivity contribution >= 4 is 32.7 Å². The van der Waals surface area contributed by atoms with Gasteiger partial charge in [0.15, 0.2) is 0 Å². The number of aromatic nitrogens is 1. The van der Waals surface area contributed by atoms with Crippen LogP contribution in [-0.2, 0) is 10.0 Å². The molecule has 0 saturated heterocycles. The van der Waals surface area contributed by atoms with E-state index in [0.717, 1.165) is 58.1 Å². The summed E-state index contributed by atoms with van der Waals surface area (Å²) in [4.78, 5) is 3.57. The van der Waals surface area contributed by atoms with Crippen LogP contribution in [0, 0.1) is 0 Å². The van der Waals surface area contributed by atoms with Gasteiger partial charge in [-0.15, -0.1) is 3.82 Å². The van der Waals surface area contributed by atoms with Crippen LogP contribution in [0.5, 0.6) is 0 Å². The number of para-hydroxylation sites is 1. The average Bonchev–Trinajstić information content (AvgIpc) is 3.12. The van der Waals surface area contributed by atoms with E-state index in [4.69, 9.17) is 11.8 Å². The molecule has 0 bridgehead atoms. The summed E-state index contributed by atoms with van der Waals surface area (Å²) in [6, 6.07) is 16.9. The smallest absolute Gasteiger partial charge is 0.256 e. The van der Waals surface area contributed by atoms with E-state index >= 15 is 0 Å². The Kier molecular flexibility index (Phi) is 4.78. The SMILES string of the molecule is O=S(=O)(c1cccc(-c2cc3ccccc3[nH]2)c1)N(Cl)C1CCCCC1. The number of sulfonamides is 1. The zero-order valence-corrected chi connectivity index (χ0v) is 15.9. The topological polar surface area (TPSA) is 53.2 Å². The molecule has 0 atom stereocenters. The van der Waals surface area contributed by atoms with Crippen molar-refractivity contribution in [3.63, 3.8) is 0 Å². The van der Waals surface area contributed by atoms with Gasteiger partial charge in [0.1, 0.15) is 0 Å². The first-order valence-corrected chi connectivity index (χ1v) is 10.7. The zero-order valence-electron chi connectivity index (χ0n) is 14.4. The van der Waals surface area contributed by atoms with E-state index in [-0.39, 0.29) is 10.9 Å². The maximum absolute atomic E-state index is 13.0. The number of H-pyrrole nitrogens is 1. The lowest BCUT2D eigenvalue weighted by Gasteiger charge is -2.28. The van der Waals surface area contributed by atoms with Gasteiger partial charge in [-0.25, -0.2) is 8.42 Å². The van der Waals surface area contributed by atoms with Crippen LogP contribution in [0.2, 0.25) is 0 Å². The van der Waals surface area contributed by atoms with Crippen molar-refractivity contribution < 1.29 is 8.42 Å². The number of hydrogen-bond donors (Lipinski definition) is 1. The number of benzene rings is 2. The van der Waals surface area contributed by atoms with E-state index in [1.165, 1.54) is 0 Å². The van der Waals surface area contributed by atoms with Crippen LogP contribution in [-0.4, -0.2) is 23.3 Å². The number of nitrogens with one attached hydrogen (secondary N) is 1. The molecule has 0 aliphatic heterocycles. The molecule has 1 saturated carbocycles. The molecule has 4 nitrogen and oxygen atoms in total. The Hall–Kier alpha value is -1.82. The minimum absolute atomic E-state index is 0.118. The molecule has 3 aromatic rings. The van der Waals surface area contributed by atoms with E-state index in [9.17, 15) is 8.42 Å². The Balaban J connectivity index is 1.68.